The van der Waals surface area contributed by atoms with Crippen molar-refractivity contribution in [2.75, 3.05) is 0 Å². The van der Waals surface area contributed by atoms with Crippen LogP contribution in [0.15, 0.2) is 24.3 Å². The molecular weight excluding hydrogens is 240 g/mol. The maximum absolute atomic E-state index is 5.86. The van der Waals surface area contributed by atoms with Crippen LogP contribution in [0, 0.1) is 6.92 Å². The number of hydrogen-bond donors (Lipinski definition) is 1. The minimum absolute atomic E-state index is 0.00949. The lowest BCUT2D eigenvalue weighted by molar-refractivity contribution is 0.808. The van der Waals surface area contributed by atoms with Crippen LogP contribution < -0.4 is 5.73 Å². The standard InChI is InChI=1S/C12H13ClN2S/c1-7(14)12-15-11(8(2)16-12)9-3-5-10(13)6-4-9/h3-7H,14H2,1-2H3/t7-/m1/s1. The number of benzene rings is 1. The third-order valence-corrected chi connectivity index (χ3v) is 3.74. The van der Waals surface area contributed by atoms with Crippen LogP contribution in [-0.4, -0.2) is 4.98 Å². The van der Waals surface area contributed by atoms with Crippen LogP contribution >= 0.6 is 22.9 Å². The topological polar surface area (TPSA) is 38.9 Å². The number of nitrogens with zero attached hydrogens (tertiary/aromatic N) is 1. The molecule has 1 aromatic carbocycles. The Balaban J connectivity index is 2.44. The van der Waals surface area contributed by atoms with Crippen LogP contribution in [0.4, 0.5) is 0 Å². The third kappa shape index (κ3) is 2.26. The highest BCUT2D eigenvalue weighted by atomic mass is 35.5. The maximum Gasteiger partial charge on any atom is 0.110 e. The van der Waals surface area contributed by atoms with E-state index in [1.54, 1.807) is 11.3 Å². The molecule has 0 aliphatic heterocycles. The first-order valence-corrected chi connectivity index (χ1v) is 6.26. The third-order valence-electron chi connectivity index (χ3n) is 2.32. The van der Waals surface area contributed by atoms with E-state index in [0.717, 1.165) is 21.3 Å². The Hall–Kier alpha value is -0.900. The van der Waals surface area contributed by atoms with E-state index in [2.05, 4.69) is 11.9 Å². The second-order valence-electron chi connectivity index (χ2n) is 3.75. The molecule has 0 amide bonds. The van der Waals surface area contributed by atoms with Gasteiger partial charge in [-0.2, -0.15) is 0 Å². The van der Waals surface area contributed by atoms with Crippen LogP contribution in [0.3, 0.4) is 0 Å². The second kappa shape index (κ2) is 4.53. The SMILES string of the molecule is Cc1sc([C@@H](C)N)nc1-c1ccc(Cl)cc1. The predicted molar refractivity (Wildman–Crippen MR) is 69.9 cm³/mol. The average molecular weight is 253 g/mol. The molecule has 0 saturated carbocycles. The van der Waals surface area contributed by atoms with Gasteiger partial charge in [0.15, 0.2) is 0 Å². The van der Waals surface area contributed by atoms with Crippen molar-refractivity contribution < 1.29 is 0 Å². The Bertz CT molecular complexity index is 488. The summed E-state index contributed by atoms with van der Waals surface area (Å²) in [7, 11) is 0. The fourth-order valence-electron chi connectivity index (χ4n) is 1.49. The lowest BCUT2D eigenvalue weighted by Crippen LogP contribution is -2.03. The van der Waals surface area contributed by atoms with Crippen molar-refractivity contribution >= 4 is 22.9 Å². The summed E-state index contributed by atoms with van der Waals surface area (Å²) >= 11 is 7.51. The van der Waals surface area contributed by atoms with Gasteiger partial charge in [-0.25, -0.2) is 4.98 Å². The van der Waals surface area contributed by atoms with Crippen LogP contribution in [-0.2, 0) is 0 Å². The molecule has 2 aromatic rings. The van der Waals surface area contributed by atoms with Gasteiger partial charge in [-0.3, -0.25) is 0 Å². The number of aryl methyl sites for hydroxylation is 1. The van der Waals surface area contributed by atoms with E-state index in [9.17, 15) is 0 Å². The largest absolute Gasteiger partial charge is 0.322 e. The minimum atomic E-state index is -0.00949. The number of halogens is 1. The van der Waals surface area contributed by atoms with Gasteiger partial charge in [0.2, 0.25) is 0 Å². The zero-order valence-corrected chi connectivity index (χ0v) is 10.8. The second-order valence-corrected chi connectivity index (χ2v) is 5.42. The maximum atomic E-state index is 5.86. The van der Waals surface area contributed by atoms with Crippen molar-refractivity contribution in [3.63, 3.8) is 0 Å². The summed E-state index contributed by atoms with van der Waals surface area (Å²) < 4.78 is 0. The van der Waals surface area contributed by atoms with Gasteiger partial charge in [0.1, 0.15) is 5.01 Å². The van der Waals surface area contributed by atoms with E-state index >= 15 is 0 Å². The summed E-state index contributed by atoms with van der Waals surface area (Å²) in [6, 6.07) is 7.71. The molecule has 0 aliphatic carbocycles. The van der Waals surface area contributed by atoms with Crippen molar-refractivity contribution in [2.45, 2.75) is 19.9 Å². The van der Waals surface area contributed by atoms with E-state index in [1.807, 2.05) is 31.2 Å². The first-order chi connectivity index (χ1) is 7.58. The molecule has 2 N–H and O–H groups in total. The summed E-state index contributed by atoms with van der Waals surface area (Å²) in [5.74, 6) is 0. The van der Waals surface area contributed by atoms with Gasteiger partial charge in [-0.15, -0.1) is 11.3 Å². The normalized spacial score (nSPS) is 12.8. The zero-order chi connectivity index (χ0) is 11.7. The van der Waals surface area contributed by atoms with E-state index < -0.39 is 0 Å². The number of rotatable bonds is 2. The molecule has 84 valence electrons. The van der Waals surface area contributed by atoms with Crippen LogP contribution in [0.25, 0.3) is 11.3 Å². The molecular formula is C12H13ClN2S. The van der Waals surface area contributed by atoms with Gasteiger partial charge >= 0.3 is 0 Å². The number of thiazole rings is 1. The molecule has 1 aromatic heterocycles. The monoisotopic (exact) mass is 252 g/mol. The van der Waals surface area contributed by atoms with E-state index in [4.69, 9.17) is 17.3 Å². The molecule has 4 heteroatoms. The van der Waals surface area contributed by atoms with Gasteiger partial charge in [-0.1, -0.05) is 23.7 Å². The van der Waals surface area contributed by atoms with Gasteiger partial charge in [0, 0.05) is 15.5 Å². The Morgan fingerprint density at radius 3 is 2.44 bits per heavy atom. The zero-order valence-electron chi connectivity index (χ0n) is 9.20. The molecule has 0 radical (unpaired) electrons. The van der Waals surface area contributed by atoms with E-state index in [-0.39, 0.29) is 6.04 Å². The molecule has 0 saturated heterocycles. The van der Waals surface area contributed by atoms with Gasteiger partial charge in [0.05, 0.1) is 11.7 Å². The molecule has 2 nitrogen and oxygen atoms in total. The molecule has 1 atom stereocenters. The van der Waals surface area contributed by atoms with Crippen molar-refractivity contribution in [3.05, 3.63) is 39.2 Å². The summed E-state index contributed by atoms with van der Waals surface area (Å²) in [5, 5.41) is 1.71. The lowest BCUT2D eigenvalue weighted by atomic mass is 10.1. The summed E-state index contributed by atoms with van der Waals surface area (Å²) in [6.45, 7) is 4.01. The number of hydrogen-bond acceptors (Lipinski definition) is 3. The molecule has 0 unspecified atom stereocenters. The Kier molecular flexibility index (Phi) is 3.28. The van der Waals surface area contributed by atoms with Crippen molar-refractivity contribution in [1.82, 2.24) is 4.98 Å². The van der Waals surface area contributed by atoms with Crippen LogP contribution in [0.2, 0.25) is 5.02 Å². The summed E-state index contributed by atoms with van der Waals surface area (Å²) in [6.07, 6.45) is 0. The molecule has 16 heavy (non-hydrogen) atoms. The van der Waals surface area contributed by atoms with E-state index in [1.165, 1.54) is 4.88 Å². The Morgan fingerprint density at radius 2 is 1.94 bits per heavy atom. The predicted octanol–water partition coefficient (Wildman–Crippen LogP) is 3.79. The number of aromatic nitrogens is 1. The van der Waals surface area contributed by atoms with Crippen LogP contribution in [0.1, 0.15) is 22.9 Å². The smallest absolute Gasteiger partial charge is 0.110 e. The average Bonchev–Trinajstić information content (AvgIpc) is 2.62. The first kappa shape index (κ1) is 11.6. The van der Waals surface area contributed by atoms with Crippen molar-refractivity contribution in [1.29, 1.82) is 0 Å². The minimum Gasteiger partial charge on any atom is -0.322 e. The van der Waals surface area contributed by atoms with E-state index in [0.29, 0.717) is 0 Å². The Morgan fingerprint density at radius 1 is 1.31 bits per heavy atom. The quantitative estimate of drug-likeness (QED) is 0.883. The summed E-state index contributed by atoms with van der Waals surface area (Å²) in [5.41, 5.74) is 7.92. The molecule has 2 rings (SSSR count). The van der Waals surface area contributed by atoms with Gasteiger partial charge in [0.25, 0.3) is 0 Å². The van der Waals surface area contributed by atoms with Gasteiger partial charge < -0.3 is 5.73 Å². The number of nitrogens with two attached hydrogens (primary N) is 1. The molecule has 0 fully saturated rings. The molecule has 0 bridgehead atoms. The highest BCUT2D eigenvalue weighted by Gasteiger charge is 2.11. The van der Waals surface area contributed by atoms with Crippen molar-refractivity contribution in [3.8, 4) is 11.3 Å². The Labute approximate surface area is 104 Å². The molecule has 0 aliphatic rings. The van der Waals surface area contributed by atoms with Gasteiger partial charge in [-0.05, 0) is 26.0 Å². The lowest BCUT2D eigenvalue weighted by Gasteiger charge is -1.99. The van der Waals surface area contributed by atoms with Crippen LogP contribution in [0.5, 0.6) is 0 Å². The highest BCUT2D eigenvalue weighted by Crippen LogP contribution is 2.30. The fraction of sp³-hybridized carbons (Fsp3) is 0.250. The molecule has 0 spiro atoms. The molecule has 1 heterocycles. The first-order valence-electron chi connectivity index (χ1n) is 5.07. The summed E-state index contributed by atoms with van der Waals surface area (Å²) in [4.78, 5) is 5.75. The fourth-order valence-corrected chi connectivity index (χ4v) is 2.51. The van der Waals surface area contributed by atoms with Crippen molar-refractivity contribution in [2.24, 2.45) is 5.73 Å². The highest BCUT2D eigenvalue weighted by molar-refractivity contribution is 7.12.